The van der Waals surface area contributed by atoms with E-state index in [1.807, 2.05) is 26.8 Å². The lowest BCUT2D eigenvalue weighted by molar-refractivity contribution is -0.153. The maximum Gasteiger partial charge on any atom is 0.309 e. The molecular weight excluding hydrogens is 348 g/mol. The molecule has 6 nitrogen and oxygen atoms in total. The largest absolute Gasteiger partial charge is 0.507 e. The van der Waals surface area contributed by atoms with E-state index in [1.165, 1.54) is 6.07 Å². The van der Waals surface area contributed by atoms with Gasteiger partial charge in [-0.15, -0.1) is 0 Å². The van der Waals surface area contributed by atoms with E-state index in [0.29, 0.717) is 6.42 Å². The van der Waals surface area contributed by atoms with E-state index in [-0.39, 0.29) is 29.0 Å². The van der Waals surface area contributed by atoms with Gasteiger partial charge in [0.15, 0.2) is 11.6 Å². The van der Waals surface area contributed by atoms with Crippen LogP contribution in [0, 0.1) is 5.92 Å². The Kier molecular flexibility index (Phi) is 6.20. The molecule has 0 amide bonds. The zero-order valence-corrected chi connectivity index (χ0v) is 15.9. The Balaban J connectivity index is 2.56. The summed E-state index contributed by atoms with van der Waals surface area (Å²) in [6, 6.07) is 1.19. The van der Waals surface area contributed by atoms with Gasteiger partial charge in [0.2, 0.25) is 0 Å². The van der Waals surface area contributed by atoms with E-state index >= 15 is 0 Å². The number of carbonyl (C=O) groups excluding carboxylic acids is 3. The quantitative estimate of drug-likeness (QED) is 0.444. The van der Waals surface area contributed by atoms with Gasteiger partial charge in [0.25, 0.3) is 0 Å². The van der Waals surface area contributed by atoms with Crippen LogP contribution in [0.15, 0.2) is 29.9 Å². The zero-order valence-electron chi connectivity index (χ0n) is 15.9. The second-order valence-corrected chi connectivity index (χ2v) is 6.90. The number of phenols is 2. The number of allylic oxidation sites excluding steroid dienone is 3. The lowest BCUT2D eigenvalue weighted by Crippen LogP contribution is -2.19. The van der Waals surface area contributed by atoms with Gasteiger partial charge in [0.05, 0.1) is 17.0 Å². The number of ether oxygens (including phenoxy) is 1. The lowest BCUT2D eigenvalue weighted by Gasteiger charge is -2.23. The predicted molar refractivity (Wildman–Crippen MR) is 99.9 cm³/mol. The first kappa shape index (κ1) is 20.4. The van der Waals surface area contributed by atoms with Crippen LogP contribution in [0.2, 0.25) is 0 Å². The number of phenolic OH excluding ortho intramolecular Hbond substituents is 2. The molecule has 0 radical (unpaired) electrons. The minimum atomic E-state index is -0.897. The maximum absolute atomic E-state index is 12.3. The van der Waals surface area contributed by atoms with Crippen molar-refractivity contribution in [1.29, 1.82) is 0 Å². The van der Waals surface area contributed by atoms with Crippen molar-refractivity contribution in [2.75, 3.05) is 0 Å². The van der Waals surface area contributed by atoms with Crippen molar-refractivity contribution in [2.45, 2.75) is 46.6 Å². The van der Waals surface area contributed by atoms with Crippen LogP contribution >= 0.6 is 0 Å². The topological polar surface area (TPSA) is 101 Å². The summed E-state index contributed by atoms with van der Waals surface area (Å²) in [5.41, 5.74) is 0.574. The monoisotopic (exact) mass is 372 g/mol. The van der Waals surface area contributed by atoms with Gasteiger partial charge in [-0.1, -0.05) is 25.5 Å². The van der Waals surface area contributed by atoms with Gasteiger partial charge >= 0.3 is 5.97 Å². The van der Waals surface area contributed by atoms with Gasteiger partial charge in [0, 0.05) is 12.0 Å². The van der Waals surface area contributed by atoms with Crippen molar-refractivity contribution in [2.24, 2.45) is 5.92 Å². The van der Waals surface area contributed by atoms with E-state index in [1.54, 1.807) is 6.92 Å². The SMILES string of the molecule is CC[C@H](C)C(=O)O[C@H](CC=C(C)C)c1cc(O)c2c(c1O)C(=O)C=CC2=O. The number of aromatic hydroxyl groups is 2. The Morgan fingerprint density at radius 2 is 1.74 bits per heavy atom. The third-order valence-corrected chi connectivity index (χ3v) is 4.55. The number of benzene rings is 1. The number of carbonyl (C=O) groups is 3. The molecule has 2 atom stereocenters. The minimum absolute atomic E-state index is 0.0943. The van der Waals surface area contributed by atoms with Crippen LogP contribution in [-0.4, -0.2) is 27.7 Å². The Morgan fingerprint density at radius 1 is 1.15 bits per heavy atom. The molecule has 6 heteroatoms. The Morgan fingerprint density at radius 3 is 2.30 bits per heavy atom. The molecule has 1 aliphatic rings. The Labute approximate surface area is 158 Å². The highest BCUT2D eigenvalue weighted by Gasteiger charge is 2.32. The van der Waals surface area contributed by atoms with Crippen LogP contribution in [0.5, 0.6) is 11.5 Å². The summed E-state index contributed by atoms with van der Waals surface area (Å²) in [5, 5.41) is 21.0. The van der Waals surface area contributed by atoms with Crippen LogP contribution in [0.1, 0.15) is 72.9 Å². The summed E-state index contributed by atoms with van der Waals surface area (Å²) in [6.07, 6.45) is 3.88. The zero-order chi connectivity index (χ0) is 20.3. The van der Waals surface area contributed by atoms with Gasteiger partial charge in [-0.3, -0.25) is 14.4 Å². The summed E-state index contributed by atoms with van der Waals surface area (Å²) >= 11 is 0. The highest BCUT2D eigenvalue weighted by Crippen LogP contribution is 2.41. The van der Waals surface area contributed by atoms with Gasteiger partial charge < -0.3 is 14.9 Å². The Bertz CT molecular complexity index is 843. The van der Waals surface area contributed by atoms with Crippen molar-refractivity contribution < 1.29 is 29.3 Å². The van der Waals surface area contributed by atoms with Crippen molar-refractivity contribution in [1.82, 2.24) is 0 Å². The highest BCUT2D eigenvalue weighted by atomic mass is 16.5. The normalized spacial score (nSPS) is 15.1. The molecule has 27 heavy (non-hydrogen) atoms. The summed E-state index contributed by atoms with van der Waals surface area (Å²) in [6.45, 7) is 7.35. The van der Waals surface area contributed by atoms with Crippen molar-refractivity contribution in [3.63, 3.8) is 0 Å². The molecule has 0 bridgehead atoms. The minimum Gasteiger partial charge on any atom is -0.507 e. The third kappa shape index (κ3) is 4.27. The van der Waals surface area contributed by atoms with Crippen LogP contribution in [0.25, 0.3) is 0 Å². The van der Waals surface area contributed by atoms with Gasteiger partial charge in [-0.25, -0.2) is 0 Å². The van der Waals surface area contributed by atoms with E-state index in [4.69, 9.17) is 4.74 Å². The van der Waals surface area contributed by atoms with Crippen molar-refractivity contribution in [3.05, 3.63) is 46.6 Å². The number of hydrogen-bond acceptors (Lipinski definition) is 6. The molecule has 0 saturated heterocycles. The number of hydrogen-bond donors (Lipinski definition) is 2. The maximum atomic E-state index is 12.3. The molecule has 144 valence electrons. The molecule has 0 fully saturated rings. The molecule has 1 aromatic carbocycles. The Hall–Kier alpha value is -2.89. The van der Waals surface area contributed by atoms with Crippen LogP contribution in [0.3, 0.4) is 0 Å². The second kappa shape index (κ2) is 8.20. The van der Waals surface area contributed by atoms with Crippen molar-refractivity contribution >= 4 is 17.5 Å². The average Bonchev–Trinajstić information content (AvgIpc) is 2.62. The molecule has 2 rings (SSSR count). The molecule has 0 unspecified atom stereocenters. The van der Waals surface area contributed by atoms with E-state index in [0.717, 1.165) is 17.7 Å². The number of ketones is 2. The fraction of sp³-hybridized carbons (Fsp3) is 0.381. The summed E-state index contributed by atoms with van der Waals surface area (Å²) in [5.74, 6) is -2.81. The molecule has 1 aromatic rings. The molecule has 0 saturated carbocycles. The first-order valence-electron chi connectivity index (χ1n) is 8.86. The molecule has 0 heterocycles. The molecule has 0 aliphatic heterocycles. The van der Waals surface area contributed by atoms with E-state index < -0.39 is 35.1 Å². The van der Waals surface area contributed by atoms with Gasteiger partial charge in [-0.05, 0) is 38.5 Å². The summed E-state index contributed by atoms with van der Waals surface area (Å²) in [4.78, 5) is 36.5. The number of fused-ring (bicyclic) bond motifs is 1. The number of esters is 1. The first-order chi connectivity index (χ1) is 12.7. The molecule has 1 aliphatic carbocycles. The number of rotatable bonds is 6. The predicted octanol–water partition coefficient (Wildman–Crippen LogP) is 4.02. The molecule has 2 N–H and O–H groups in total. The molecule has 0 aromatic heterocycles. The van der Waals surface area contributed by atoms with Crippen LogP contribution < -0.4 is 0 Å². The highest BCUT2D eigenvalue weighted by molar-refractivity contribution is 6.24. The fourth-order valence-electron chi connectivity index (χ4n) is 2.74. The second-order valence-electron chi connectivity index (χ2n) is 6.90. The lowest BCUT2D eigenvalue weighted by atomic mass is 9.89. The first-order valence-corrected chi connectivity index (χ1v) is 8.86. The smallest absolute Gasteiger partial charge is 0.309 e. The van der Waals surface area contributed by atoms with E-state index in [2.05, 4.69) is 0 Å². The average molecular weight is 372 g/mol. The summed E-state index contributed by atoms with van der Waals surface area (Å²) in [7, 11) is 0. The van der Waals surface area contributed by atoms with Gasteiger partial charge in [0.1, 0.15) is 17.6 Å². The standard InChI is InChI=1S/C21H24O6/c1-5-12(4)21(26)27-17(9-6-11(2)3)13-10-16(24)18-14(22)7-8-15(23)19(18)20(13)25/h6-8,10,12,17,24-25H,5,9H2,1-4H3/t12-,17+/m0/s1. The van der Waals surface area contributed by atoms with Crippen molar-refractivity contribution in [3.8, 4) is 11.5 Å². The molecule has 0 spiro atoms. The summed E-state index contributed by atoms with van der Waals surface area (Å²) < 4.78 is 5.56. The fourth-order valence-corrected chi connectivity index (χ4v) is 2.74. The van der Waals surface area contributed by atoms with Crippen LogP contribution in [-0.2, 0) is 9.53 Å². The van der Waals surface area contributed by atoms with Crippen LogP contribution in [0.4, 0.5) is 0 Å². The van der Waals surface area contributed by atoms with E-state index in [9.17, 15) is 24.6 Å². The molecular formula is C21H24O6. The third-order valence-electron chi connectivity index (χ3n) is 4.55. The van der Waals surface area contributed by atoms with Gasteiger partial charge in [-0.2, -0.15) is 0 Å².